The SMILES string of the molecule is C=Ic1ccc(C)c(C(=C)N(CC)C(C)C)c1. The molecule has 0 radical (unpaired) electrons. The molecule has 94 valence electrons. The molecule has 0 aromatic heterocycles. The Morgan fingerprint density at radius 2 is 2.06 bits per heavy atom. The van der Waals surface area contributed by atoms with Crippen LogP contribution in [0.2, 0.25) is 0 Å². The van der Waals surface area contributed by atoms with Crippen molar-refractivity contribution in [2.24, 2.45) is 0 Å². The second kappa shape index (κ2) is 6.34. The molecule has 17 heavy (non-hydrogen) atoms. The predicted octanol–water partition coefficient (Wildman–Crippen LogP) is 4.27. The average Bonchev–Trinajstić information content (AvgIpc) is 2.30. The molecular formula is C15H22IN. The third-order valence-corrected chi connectivity index (χ3v) is 4.53. The van der Waals surface area contributed by atoms with Crippen molar-refractivity contribution < 1.29 is 0 Å². The van der Waals surface area contributed by atoms with Gasteiger partial charge in [0, 0.05) is 27.4 Å². The Labute approximate surface area is 115 Å². The summed E-state index contributed by atoms with van der Waals surface area (Å²) in [4.78, 5) is 2.34. The molecule has 0 amide bonds. The lowest BCUT2D eigenvalue weighted by Crippen LogP contribution is -2.28. The first-order valence-electron chi connectivity index (χ1n) is 5.96. The highest BCUT2D eigenvalue weighted by atomic mass is 127. The maximum absolute atomic E-state index is 4.27. The van der Waals surface area contributed by atoms with Gasteiger partial charge in [-0.1, -0.05) is 37.9 Å². The Hall–Kier alpha value is -0.640. The summed E-state index contributed by atoms with van der Waals surface area (Å²) < 4.78 is 5.43. The first-order chi connectivity index (χ1) is 8.01. The van der Waals surface area contributed by atoms with E-state index >= 15 is 0 Å². The van der Waals surface area contributed by atoms with Gasteiger partial charge in [-0.2, -0.15) is 0 Å². The van der Waals surface area contributed by atoms with Crippen molar-refractivity contribution in [2.45, 2.75) is 33.7 Å². The fourth-order valence-electron chi connectivity index (χ4n) is 2.01. The molecule has 0 bridgehead atoms. The van der Waals surface area contributed by atoms with Gasteiger partial charge in [0.2, 0.25) is 0 Å². The summed E-state index contributed by atoms with van der Waals surface area (Å²) in [5.41, 5.74) is 3.72. The molecule has 1 aromatic rings. The fraction of sp³-hybridized carbons (Fsp3) is 0.400. The van der Waals surface area contributed by atoms with E-state index in [2.05, 4.69) is 61.9 Å². The van der Waals surface area contributed by atoms with Gasteiger partial charge in [0.05, 0.1) is 0 Å². The Balaban J connectivity index is 3.14. The monoisotopic (exact) mass is 343 g/mol. The molecule has 1 rings (SSSR count). The van der Waals surface area contributed by atoms with Crippen molar-refractivity contribution >= 4 is 30.9 Å². The number of aryl methyl sites for hydroxylation is 1. The molecule has 1 aromatic carbocycles. The Morgan fingerprint density at radius 3 is 2.53 bits per heavy atom. The van der Waals surface area contributed by atoms with Crippen LogP contribution in [-0.2, 0) is 0 Å². The zero-order chi connectivity index (χ0) is 13.0. The van der Waals surface area contributed by atoms with Crippen molar-refractivity contribution in [3.05, 3.63) is 39.5 Å². The highest BCUT2D eigenvalue weighted by Gasteiger charge is 2.13. The second-order valence-corrected chi connectivity index (χ2v) is 6.43. The number of nitrogens with zero attached hydrogens (tertiary/aromatic N) is 1. The van der Waals surface area contributed by atoms with Crippen LogP contribution in [0, 0.1) is 10.5 Å². The van der Waals surface area contributed by atoms with Crippen LogP contribution in [0.1, 0.15) is 31.9 Å². The second-order valence-electron chi connectivity index (χ2n) is 4.42. The summed E-state index contributed by atoms with van der Waals surface area (Å²) in [5, 5.41) is 0. The highest BCUT2D eigenvalue weighted by molar-refractivity contribution is 14.2. The minimum Gasteiger partial charge on any atom is -0.369 e. The molecule has 0 aliphatic carbocycles. The van der Waals surface area contributed by atoms with Crippen molar-refractivity contribution in [1.29, 1.82) is 0 Å². The van der Waals surface area contributed by atoms with Crippen molar-refractivity contribution in [3.8, 4) is 0 Å². The smallest absolute Gasteiger partial charge is 0.0372 e. The van der Waals surface area contributed by atoms with E-state index in [0.717, 1.165) is 12.2 Å². The lowest BCUT2D eigenvalue weighted by molar-refractivity contribution is 0.347. The molecule has 0 aliphatic rings. The van der Waals surface area contributed by atoms with E-state index in [1.54, 1.807) is 0 Å². The fourth-order valence-corrected chi connectivity index (χ4v) is 2.98. The average molecular weight is 343 g/mol. The zero-order valence-corrected chi connectivity index (χ0v) is 13.4. The summed E-state index contributed by atoms with van der Waals surface area (Å²) in [6.07, 6.45) is 0. The number of benzene rings is 1. The van der Waals surface area contributed by atoms with E-state index in [1.165, 1.54) is 14.7 Å². The van der Waals surface area contributed by atoms with Crippen LogP contribution < -0.4 is 0 Å². The van der Waals surface area contributed by atoms with E-state index in [0.29, 0.717) is 6.04 Å². The number of hydrogen-bond donors (Lipinski definition) is 0. The molecule has 0 spiro atoms. The molecule has 1 nitrogen and oxygen atoms in total. The van der Waals surface area contributed by atoms with E-state index in [4.69, 9.17) is 0 Å². The van der Waals surface area contributed by atoms with Gasteiger partial charge in [0.15, 0.2) is 0 Å². The summed E-state index contributed by atoms with van der Waals surface area (Å²) in [7, 11) is 0. The lowest BCUT2D eigenvalue weighted by Gasteiger charge is -2.30. The minimum absolute atomic E-state index is 0.0955. The molecule has 0 saturated heterocycles. The predicted molar refractivity (Wildman–Crippen MR) is 87.6 cm³/mol. The molecule has 0 fully saturated rings. The number of hydrogen-bond acceptors (Lipinski definition) is 1. The third-order valence-electron chi connectivity index (χ3n) is 2.98. The minimum atomic E-state index is -0.0955. The third kappa shape index (κ3) is 3.41. The Bertz CT molecular complexity index is 421. The summed E-state index contributed by atoms with van der Waals surface area (Å²) >= 11 is -0.0955. The maximum atomic E-state index is 4.27. The van der Waals surface area contributed by atoms with Gasteiger partial charge >= 0.3 is 0 Å². The van der Waals surface area contributed by atoms with E-state index in [-0.39, 0.29) is 20.7 Å². The van der Waals surface area contributed by atoms with Crippen LogP contribution in [0.5, 0.6) is 0 Å². The molecule has 2 heteroatoms. The first-order valence-corrected chi connectivity index (χ1v) is 8.56. The molecule has 0 aliphatic heterocycles. The topological polar surface area (TPSA) is 3.24 Å². The standard InChI is InChI=1S/C15H22IN/c1-7-17(11(2)3)13(5)15-10-14(16-6)9-8-12(15)4/h8-11H,5-7H2,1-4H3. The van der Waals surface area contributed by atoms with Crippen LogP contribution in [0.4, 0.5) is 0 Å². The lowest BCUT2D eigenvalue weighted by atomic mass is 10.0. The van der Waals surface area contributed by atoms with Gasteiger partial charge < -0.3 is 4.90 Å². The van der Waals surface area contributed by atoms with Crippen LogP contribution in [-0.4, -0.2) is 22.0 Å². The molecule has 0 N–H and O–H groups in total. The van der Waals surface area contributed by atoms with Gasteiger partial charge in [0.25, 0.3) is 0 Å². The van der Waals surface area contributed by atoms with Crippen molar-refractivity contribution in [1.82, 2.24) is 4.90 Å². The van der Waals surface area contributed by atoms with E-state index in [9.17, 15) is 0 Å². The number of rotatable bonds is 5. The van der Waals surface area contributed by atoms with E-state index in [1.807, 2.05) is 0 Å². The molecule has 0 heterocycles. The van der Waals surface area contributed by atoms with Crippen LogP contribution in [0.3, 0.4) is 0 Å². The maximum Gasteiger partial charge on any atom is 0.0372 e. The Kier molecular flexibility index (Phi) is 5.37. The van der Waals surface area contributed by atoms with Gasteiger partial charge in [-0.15, -0.1) is 0 Å². The van der Waals surface area contributed by atoms with Gasteiger partial charge in [-0.3, -0.25) is 0 Å². The van der Waals surface area contributed by atoms with Crippen LogP contribution >= 0.6 is 20.7 Å². The van der Waals surface area contributed by atoms with Crippen molar-refractivity contribution in [3.63, 3.8) is 0 Å². The largest absolute Gasteiger partial charge is 0.369 e. The van der Waals surface area contributed by atoms with Crippen LogP contribution in [0.15, 0.2) is 24.8 Å². The van der Waals surface area contributed by atoms with E-state index < -0.39 is 0 Å². The molecular weight excluding hydrogens is 321 g/mol. The van der Waals surface area contributed by atoms with Crippen molar-refractivity contribution in [2.75, 3.05) is 6.54 Å². The summed E-state index contributed by atoms with van der Waals surface area (Å²) in [5.74, 6) is 0. The number of halogens is 1. The van der Waals surface area contributed by atoms with Crippen LogP contribution in [0.25, 0.3) is 5.70 Å². The molecule has 0 unspecified atom stereocenters. The summed E-state index contributed by atoms with van der Waals surface area (Å²) in [6, 6.07) is 7.14. The molecule has 0 atom stereocenters. The first kappa shape index (κ1) is 14.4. The quantitative estimate of drug-likeness (QED) is 0.722. The molecule has 0 saturated carbocycles. The Morgan fingerprint density at radius 1 is 1.41 bits per heavy atom. The van der Waals surface area contributed by atoms with Gasteiger partial charge in [-0.05, 0) is 45.4 Å². The highest BCUT2D eigenvalue weighted by Crippen LogP contribution is 2.25. The normalized spacial score (nSPS) is 10.6. The summed E-state index contributed by atoms with van der Waals surface area (Å²) in [6.45, 7) is 14.0. The zero-order valence-electron chi connectivity index (χ0n) is 11.3. The van der Waals surface area contributed by atoms with Gasteiger partial charge in [-0.25, -0.2) is 0 Å². The van der Waals surface area contributed by atoms with Gasteiger partial charge in [0.1, 0.15) is 0 Å².